The number of aromatic nitrogens is 1. The van der Waals surface area contributed by atoms with Crippen LogP contribution in [0.15, 0.2) is 42.6 Å². The van der Waals surface area contributed by atoms with Crippen molar-refractivity contribution in [2.24, 2.45) is 0 Å². The lowest BCUT2D eigenvalue weighted by molar-refractivity contribution is -0.117. The van der Waals surface area contributed by atoms with Crippen LogP contribution in [0.2, 0.25) is 5.02 Å². The first-order chi connectivity index (χ1) is 12.0. The second-order valence-corrected chi connectivity index (χ2v) is 6.35. The molecule has 7 heteroatoms. The Morgan fingerprint density at radius 1 is 1.32 bits per heavy atom. The third-order valence-corrected chi connectivity index (χ3v) is 4.21. The normalized spacial score (nSPS) is 15.1. The number of nitrogens with zero attached hydrogens (tertiary/aromatic N) is 2. The predicted octanol–water partition coefficient (Wildman–Crippen LogP) is 3.30. The molecular weight excluding hydrogens is 340 g/mol. The minimum absolute atomic E-state index is 0.136. The summed E-state index contributed by atoms with van der Waals surface area (Å²) in [6.07, 6.45) is 2.94. The van der Waals surface area contributed by atoms with E-state index in [4.69, 9.17) is 11.6 Å². The third kappa shape index (κ3) is 4.28. The van der Waals surface area contributed by atoms with Gasteiger partial charge in [-0.2, -0.15) is 0 Å². The summed E-state index contributed by atoms with van der Waals surface area (Å²) in [4.78, 5) is 30.0. The highest BCUT2D eigenvalue weighted by atomic mass is 35.5. The van der Waals surface area contributed by atoms with Gasteiger partial charge < -0.3 is 15.5 Å². The minimum Gasteiger partial charge on any atom is -0.374 e. The first kappa shape index (κ1) is 17.2. The lowest BCUT2D eigenvalue weighted by atomic mass is 10.2. The van der Waals surface area contributed by atoms with E-state index >= 15 is 0 Å². The van der Waals surface area contributed by atoms with E-state index in [1.54, 1.807) is 24.0 Å². The number of hydrogen-bond donors (Lipinski definition) is 2. The summed E-state index contributed by atoms with van der Waals surface area (Å²) in [5.74, 6) is 0.369. The van der Waals surface area contributed by atoms with Crippen LogP contribution in [0.3, 0.4) is 0 Å². The number of pyridine rings is 1. The van der Waals surface area contributed by atoms with Gasteiger partial charge >= 0.3 is 0 Å². The number of benzene rings is 1. The molecule has 130 valence electrons. The molecular formula is C18H19ClN4O2. The van der Waals surface area contributed by atoms with Gasteiger partial charge in [-0.1, -0.05) is 17.7 Å². The second kappa shape index (κ2) is 7.53. The maximum absolute atomic E-state index is 12.3. The number of carbonyl (C=O) groups is 2. The number of rotatable bonds is 5. The smallest absolute Gasteiger partial charge is 0.247 e. The fraction of sp³-hybridized carbons (Fsp3) is 0.278. The van der Waals surface area contributed by atoms with Gasteiger partial charge in [-0.3, -0.25) is 9.59 Å². The largest absolute Gasteiger partial charge is 0.374 e. The average molecular weight is 359 g/mol. The van der Waals surface area contributed by atoms with Crippen LogP contribution in [-0.2, 0) is 9.59 Å². The van der Waals surface area contributed by atoms with E-state index in [0.29, 0.717) is 17.3 Å². The molecule has 0 radical (unpaired) electrons. The highest BCUT2D eigenvalue weighted by Crippen LogP contribution is 2.24. The Labute approximate surface area is 151 Å². The van der Waals surface area contributed by atoms with E-state index in [0.717, 1.165) is 24.3 Å². The van der Waals surface area contributed by atoms with Crippen LogP contribution < -0.4 is 15.5 Å². The van der Waals surface area contributed by atoms with Crippen LogP contribution in [0.1, 0.15) is 19.8 Å². The Morgan fingerprint density at radius 3 is 2.84 bits per heavy atom. The third-order valence-electron chi connectivity index (χ3n) is 3.99. The van der Waals surface area contributed by atoms with Crippen molar-refractivity contribution in [3.05, 3.63) is 47.6 Å². The second-order valence-electron chi connectivity index (χ2n) is 5.92. The van der Waals surface area contributed by atoms with E-state index in [9.17, 15) is 9.59 Å². The Hall–Kier alpha value is -2.60. The zero-order chi connectivity index (χ0) is 17.8. The zero-order valence-electron chi connectivity index (χ0n) is 13.8. The number of amides is 2. The van der Waals surface area contributed by atoms with Crippen LogP contribution in [-0.4, -0.2) is 29.4 Å². The quantitative estimate of drug-likeness (QED) is 0.860. The first-order valence-corrected chi connectivity index (χ1v) is 8.50. The highest BCUT2D eigenvalue weighted by molar-refractivity contribution is 6.30. The summed E-state index contributed by atoms with van der Waals surface area (Å²) >= 11 is 5.78. The molecule has 3 rings (SSSR count). The summed E-state index contributed by atoms with van der Waals surface area (Å²) in [6.45, 7) is 2.50. The molecule has 1 atom stereocenters. The van der Waals surface area contributed by atoms with Crippen molar-refractivity contribution in [3.63, 3.8) is 0 Å². The molecule has 1 aliphatic heterocycles. The molecule has 2 amide bonds. The molecule has 1 aliphatic rings. The lowest BCUT2D eigenvalue weighted by Gasteiger charge is -2.19. The van der Waals surface area contributed by atoms with Crippen molar-refractivity contribution in [3.8, 4) is 0 Å². The molecule has 2 heterocycles. The molecule has 6 nitrogen and oxygen atoms in total. The Bertz CT molecular complexity index is 779. The Morgan fingerprint density at radius 2 is 2.16 bits per heavy atom. The number of nitrogens with one attached hydrogen (secondary N) is 2. The summed E-state index contributed by atoms with van der Waals surface area (Å²) < 4.78 is 0. The van der Waals surface area contributed by atoms with Gasteiger partial charge in [0.25, 0.3) is 0 Å². The van der Waals surface area contributed by atoms with Gasteiger partial charge in [0.05, 0.1) is 5.02 Å². The van der Waals surface area contributed by atoms with Gasteiger partial charge in [0.2, 0.25) is 11.8 Å². The summed E-state index contributed by atoms with van der Waals surface area (Å²) in [5, 5.41) is 6.39. The SMILES string of the molecule is C[C@H](Nc1cccc(N2CCCC2=O)c1)C(=O)Nc1ccc(Cl)cn1. The molecule has 1 aromatic carbocycles. The van der Waals surface area contributed by atoms with Gasteiger partial charge in [-0.15, -0.1) is 0 Å². The zero-order valence-corrected chi connectivity index (χ0v) is 14.6. The molecule has 1 fully saturated rings. The number of hydrogen-bond acceptors (Lipinski definition) is 4. The van der Waals surface area contributed by atoms with Crippen LogP contribution in [0.25, 0.3) is 0 Å². The van der Waals surface area contributed by atoms with Crippen LogP contribution in [0.5, 0.6) is 0 Å². The molecule has 0 aliphatic carbocycles. The molecule has 0 unspecified atom stereocenters. The minimum atomic E-state index is -0.470. The van der Waals surface area contributed by atoms with E-state index in [-0.39, 0.29) is 11.8 Å². The molecule has 0 spiro atoms. The molecule has 1 saturated heterocycles. The average Bonchev–Trinajstić information content (AvgIpc) is 3.03. The number of halogens is 1. The maximum atomic E-state index is 12.3. The summed E-state index contributed by atoms with van der Waals surface area (Å²) in [5.41, 5.74) is 1.63. The fourth-order valence-electron chi connectivity index (χ4n) is 2.68. The summed E-state index contributed by atoms with van der Waals surface area (Å²) in [6, 6.07) is 10.4. The van der Waals surface area contributed by atoms with Gasteiger partial charge in [0.15, 0.2) is 0 Å². The maximum Gasteiger partial charge on any atom is 0.247 e. The van der Waals surface area contributed by atoms with Crippen LogP contribution in [0, 0.1) is 0 Å². The van der Waals surface area contributed by atoms with Crippen LogP contribution >= 0.6 is 11.6 Å². The van der Waals surface area contributed by atoms with Gasteiger partial charge in [-0.25, -0.2) is 4.98 Å². The standard InChI is InChI=1S/C18H19ClN4O2/c1-12(18(25)22-16-8-7-13(19)11-20-16)21-14-4-2-5-15(10-14)23-9-3-6-17(23)24/h2,4-5,7-8,10-12,21H,3,6,9H2,1H3,(H,20,22,25)/t12-/m0/s1. The van der Waals surface area contributed by atoms with Crippen molar-refractivity contribution in [2.45, 2.75) is 25.8 Å². The Kier molecular flexibility index (Phi) is 5.19. The first-order valence-electron chi connectivity index (χ1n) is 8.12. The molecule has 0 bridgehead atoms. The monoisotopic (exact) mass is 358 g/mol. The van der Waals surface area contributed by atoms with E-state index in [1.807, 2.05) is 24.3 Å². The van der Waals surface area contributed by atoms with Gasteiger partial charge in [0, 0.05) is 30.5 Å². The molecule has 0 saturated carbocycles. The topological polar surface area (TPSA) is 74.3 Å². The Balaban J connectivity index is 1.64. The lowest BCUT2D eigenvalue weighted by Crippen LogP contribution is -2.32. The molecule has 1 aromatic heterocycles. The fourth-order valence-corrected chi connectivity index (χ4v) is 2.80. The van der Waals surface area contributed by atoms with Crippen molar-refractivity contribution >= 4 is 40.6 Å². The predicted molar refractivity (Wildman–Crippen MR) is 99.0 cm³/mol. The van der Waals surface area contributed by atoms with E-state index < -0.39 is 6.04 Å². The van der Waals surface area contributed by atoms with Gasteiger partial charge in [-0.05, 0) is 43.7 Å². The van der Waals surface area contributed by atoms with E-state index in [2.05, 4.69) is 15.6 Å². The van der Waals surface area contributed by atoms with Crippen molar-refractivity contribution in [1.29, 1.82) is 0 Å². The molecule has 2 N–H and O–H groups in total. The van der Waals surface area contributed by atoms with Crippen molar-refractivity contribution < 1.29 is 9.59 Å². The van der Waals surface area contributed by atoms with Crippen LogP contribution in [0.4, 0.5) is 17.2 Å². The molecule has 25 heavy (non-hydrogen) atoms. The van der Waals surface area contributed by atoms with Gasteiger partial charge in [0.1, 0.15) is 11.9 Å². The number of carbonyl (C=O) groups excluding carboxylic acids is 2. The van der Waals surface area contributed by atoms with E-state index in [1.165, 1.54) is 6.20 Å². The molecule has 2 aromatic rings. The summed E-state index contributed by atoms with van der Waals surface area (Å²) in [7, 11) is 0. The van der Waals surface area contributed by atoms with Crippen molar-refractivity contribution in [1.82, 2.24) is 4.98 Å². The highest BCUT2D eigenvalue weighted by Gasteiger charge is 2.22. The number of anilines is 3. The van der Waals surface area contributed by atoms with Crippen molar-refractivity contribution in [2.75, 3.05) is 22.1 Å².